The van der Waals surface area contributed by atoms with E-state index in [-0.39, 0.29) is 4.60 Å². The molecule has 0 atom stereocenters. The first-order valence-corrected chi connectivity index (χ1v) is 3.95. The van der Waals surface area contributed by atoms with Crippen molar-refractivity contribution in [1.29, 1.82) is 0 Å². The fourth-order valence-corrected chi connectivity index (χ4v) is 1.22. The third-order valence-electron chi connectivity index (χ3n) is 1.34. The van der Waals surface area contributed by atoms with Crippen LogP contribution in [0.15, 0.2) is 16.9 Å². The van der Waals surface area contributed by atoms with Gasteiger partial charge in [0.1, 0.15) is 13.2 Å². The van der Waals surface area contributed by atoms with Crippen LogP contribution in [-0.2, 0) is 0 Å². The minimum atomic E-state index is -0.949. The second-order valence-corrected chi connectivity index (χ2v) is 2.91. The van der Waals surface area contributed by atoms with Crippen molar-refractivity contribution in [3.63, 3.8) is 0 Å². The molecule has 0 aliphatic carbocycles. The number of nitro groups is 1. The Bertz CT molecular complexity index is 358. The van der Waals surface area contributed by atoms with Gasteiger partial charge < -0.3 is 0 Å². The molecule has 0 N–H and O–H groups in total. The van der Waals surface area contributed by atoms with Crippen LogP contribution in [0.25, 0.3) is 0 Å². The van der Waals surface area contributed by atoms with Gasteiger partial charge in [0.2, 0.25) is 0 Å². The SMILES string of the molecule is CO[n+]1cc(F)c([N+](=O)[O-])cc1Br. The van der Waals surface area contributed by atoms with E-state index in [4.69, 9.17) is 0 Å². The largest absolute Gasteiger partial charge is 0.318 e. The van der Waals surface area contributed by atoms with E-state index in [1.54, 1.807) is 0 Å². The Morgan fingerprint density at radius 2 is 2.38 bits per heavy atom. The van der Waals surface area contributed by atoms with Gasteiger partial charge in [0.05, 0.1) is 4.92 Å². The molecule has 0 aromatic carbocycles. The van der Waals surface area contributed by atoms with Crippen molar-refractivity contribution in [3.8, 4) is 0 Å². The van der Waals surface area contributed by atoms with Gasteiger partial charge in [-0.05, 0) is 0 Å². The van der Waals surface area contributed by atoms with Crippen LogP contribution in [-0.4, -0.2) is 12.0 Å². The number of aromatic nitrogens is 1. The number of halogens is 2. The van der Waals surface area contributed by atoms with E-state index in [1.807, 2.05) is 0 Å². The van der Waals surface area contributed by atoms with E-state index in [1.165, 1.54) is 7.11 Å². The molecule has 70 valence electrons. The molecule has 0 fully saturated rings. The lowest BCUT2D eigenvalue weighted by Crippen LogP contribution is -2.42. The molecule has 0 radical (unpaired) electrons. The molecule has 0 aliphatic heterocycles. The van der Waals surface area contributed by atoms with E-state index in [9.17, 15) is 14.5 Å². The summed E-state index contributed by atoms with van der Waals surface area (Å²) in [5.41, 5.74) is -0.597. The van der Waals surface area contributed by atoms with E-state index in [0.29, 0.717) is 0 Å². The highest BCUT2D eigenvalue weighted by Crippen LogP contribution is 2.17. The predicted octanol–water partition coefficient (Wildman–Crippen LogP) is 0.842. The van der Waals surface area contributed by atoms with Crippen LogP contribution in [0.5, 0.6) is 0 Å². The van der Waals surface area contributed by atoms with Crippen molar-refractivity contribution in [2.24, 2.45) is 0 Å². The normalized spacial score (nSPS) is 9.77. The summed E-state index contributed by atoms with van der Waals surface area (Å²) in [5.74, 6) is -0.949. The molecule has 1 aromatic heterocycles. The van der Waals surface area contributed by atoms with Gasteiger partial charge in [-0.25, -0.2) is 0 Å². The molecule has 13 heavy (non-hydrogen) atoms. The molecule has 0 aliphatic rings. The van der Waals surface area contributed by atoms with Crippen molar-refractivity contribution in [3.05, 3.63) is 32.8 Å². The van der Waals surface area contributed by atoms with E-state index >= 15 is 0 Å². The maximum absolute atomic E-state index is 12.9. The average molecular weight is 252 g/mol. The van der Waals surface area contributed by atoms with Gasteiger partial charge in [0.25, 0.3) is 12.0 Å². The number of hydrogen-bond acceptors (Lipinski definition) is 3. The lowest BCUT2D eigenvalue weighted by atomic mass is 10.4. The molecule has 0 unspecified atom stereocenters. The van der Waals surface area contributed by atoms with Crippen molar-refractivity contribution < 1.29 is 18.9 Å². The minimum absolute atomic E-state index is 0.267. The fraction of sp³-hybridized carbons (Fsp3) is 0.167. The molecule has 0 saturated carbocycles. The highest BCUT2D eigenvalue weighted by molar-refractivity contribution is 9.10. The highest BCUT2D eigenvalue weighted by Gasteiger charge is 2.23. The highest BCUT2D eigenvalue weighted by atomic mass is 79.9. The Morgan fingerprint density at radius 3 is 2.85 bits per heavy atom. The lowest BCUT2D eigenvalue weighted by molar-refractivity contribution is -0.894. The molecule has 1 aromatic rings. The Labute approximate surface area is 81.0 Å². The quantitative estimate of drug-likeness (QED) is 0.339. The van der Waals surface area contributed by atoms with Gasteiger partial charge in [-0.3, -0.25) is 15.0 Å². The van der Waals surface area contributed by atoms with Crippen LogP contribution in [0.4, 0.5) is 10.1 Å². The Morgan fingerprint density at radius 1 is 1.77 bits per heavy atom. The van der Waals surface area contributed by atoms with Crippen molar-refractivity contribution >= 4 is 21.6 Å². The summed E-state index contributed by atoms with van der Waals surface area (Å²) < 4.78 is 14.2. The maximum Gasteiger partial charge on any atom is 0.318 e. The summed E-state index contributed by atoms with van der Waals surface area (Å²) >= 11 is 2.98. The zero-order valence-corrected chi connectivity index (χ0v) is 8.12. The summed E-state index contributed by atoms with van der Waals surface area (Å²) in [6.45, 7) is 0. The minimum Gasteiger partial charge on any atom is -0.273 e. The van der Waals surface area contributed by atoms with Gasteiger partial charge in [-0.2, -0.15) is 4.39 Å². The molecule has 5 nitrogen and oxygen atoms in total. The zero-order chi connectivity index (χ0) is 10.0. The molecule has 0 saturated heterocycles. The lowest BCUT2D eigenvalue weighted by Gasteiger charge is -1.94. The fourth-order valence-electron chi connectivity index (χ4n) is 0.756. The van der Waals surface area contributed by atoms with Gasteiger partial charge in [-0.15, -0.1) is 0 Å². The number of rotatable bonds is 2. The Hall–Kier alpha value is -1.24. The maximum atomic E-state index is 12.9. The monoisotopic (exact) mass is 251 g/mol. The number of nitrogens with zero attached hydrogens (tertiary/aromatic N) is 2. The predicted molar refractivity (Wildman–Crippen MR) is 43.5 cm³/mol. The van der Waals surface area contributed by atoms with Crippen LogP contribution < -0.4 is 9.57 Å². The van der Waals surface area contributed by atoms with Gasteiger partial charge in [-0.1, -0.05) is 0 Å². The summed E-state index contributed by atoms with van der Waals surface area (Å²) in [5, 5.41) is 10.3. The smallest absolute Gasteiger partial charge is 0.273 e. The van der Waals surface area contributed by atoms with E-state index in [2.05, 4.69) is 20.8 Å². The van der Waals surface area contributed by atoms with Crippen molar-refractivity contribution in [2.75, 3.05) is 7.11 Å². The van der Waals surface area contributed by atoms with E-state index < -0.39 is 16.4 Å². The topological polar surface area (TPSA) is 56.2 Å². The van der Waals surface area contributed by atoms with Gasteiger partial charge in [0, 0.05) is 20.7 Å². The van der Waals surface area contributed by atoms with Crippen LogP contribution in [0.3, 0.4) is 0 Å². The van der Waals surface area contributed by atoms with Crippen LogP contribution in [0.2, 0.25) is 0 Å². The summed E-state index contributed by atoms with van der Waals surface area (Å²) in [6.07, 6.45) is 0.877. The molecule has 7 heteroatoms. The van der Waals surface area contributed by atoms with Crippen LogP contribution in [0.1, 0.15) is 0 Å². The average Bonchev–Trinajstić information content (AvgIpc) is 2.07. The standard InChI is InChI=1S/C6H5BrFN2O3/c1-13-9-3-4(8)5(10(11)12)2-6(9)7/h2-3H,1H3/q+1. The molecule has 0 spiro atoms. The molecule has 0 bridgehead atoms. The molecule has 1 rings (SSSR count). The van der Waals surface area contributed by atoms with E-state index in [0.717, 1.165) is 17.0 Å². The molecule has 0 amide bonds. The summed E-state index contributed by atoms with van der Waals surface area (Å²) in [7, 11) is 1.32. The Balaban J connectivity index is 3.28. The first kappa shape index (κ1) is 9.85. The van der Waals surface area contributed by atoms with Gasteiger partial charge >= 0.3 is 10.3 Å². The second-order valence-electron chi connectivity index (χ2n) is 2.09. The third-order valence-corrected chi connectivity index (χ3v) is 1.91. The first-order chi connectivity index (χ1) is 6.06. The molecular weight excluding hydrogens is 247 g/mol. The summed E-state index contributed by atoms with van der Waals surface area (Å²) in [4.78, 5) is 14.1. The van der Waals surface area contributed by atoms with Crippen molar-refractivity contribution in [2.45, 2.75) is 0 Å². The number of hydrogen-bond donors (Lipinski definition) is 0. The number of pyridine rings is 1. The third kappa shape index (κ3) is 1.92. The van der Waals surface area contributed by atoms with Gasteiger partial charge in [0.15, 0.2) is 0 Å². The molecule has 1 heterocycles. The second kappa shape index (κ2) is 3.65. The Kier molecular flexibility index (Phi) is 2.76. The van der Waals surface area contributed by atoms with Crippen molar-refractivity contribution in [1.82, 2.24) is 0 Å². The molecular formula is C6H5BrFN2O3+. The zero-order valence-electron chi connectivity index (χ0n) is 6.53. The summed E-state index contributed by atoms with van der Waals surface area (Å²) in [6, 6.07) is 1.03. The van der Waals surface area contributed by atoms with Crippen LogP contribution >= 0.6 is 15.9 Å². The van der Waals surface area contributed by atoms with Crippen LogP contribution in [0, 0.1) is 15.9 Å². The first-order valence-electron chi connectivity index (χ1n) is 3.16.